The average Bonchev–Trinajstić information content (AvgIpc) is 1.22. The molecular weight excluding hydrogens is 1280 g/mol. The summed E-state index contributed by atoms with van der Waals surface area (Å²) in [7, 11) is 0. The van der Waals surface area contributed by atoms with Gasteiger partial charge in [0.2, 0.25) is 0 Å². The van der Waals surface area contributed by atoms with Gasteiger partial charge in [-0.15, -0.1) is 45.3 Å². The quantitative estimate of drug-likeness (QED) is 0.140. The monoisotopic (exact) mass is 1340 g/mol. The minimum Gasteiger partial charge on any atom is -0.136 e. The second kappa shape index (κ2) is 22.1. The van der Waals surface area contributed by atoms with E-state index in [2.05, 4.69) is 315 Å². The molecule has 100 heavy (non-hydrogen) atoms. The largest absolute Gasteiger partial charge is 0.136 e. The number of hydrogen-bond donors (Lipinski definition) is 0. The van der Waals surface area contributed by atoms with Crippen LogP contribution in [0.15, 0.2) is 309 Å². The van der Waals surface area contributed by atoms with Crippen LogP contribution in [-0.4, -0.2) is 0 Å². The van der Waals surface area contributed by atoms with E-state index in [4.69, 9.17) is 0 Å². The fourth-order valence-electron chi connectivity index (χ4n) is 17.2. The van der Waals surface area contributed by atoms with Gasteiger partial charge >= 0.3 is 0 Å². The molecule has 0 fully saturated rings. The van der Waals surface area contributed by atoms with E-state index in [0.29, 0.717) is 0 Å². The number of aryl methyl sites for hydroxylation is 1. The summed E-state index contributed by atoms with van der Waals surface area (Å²) < 4.78 is 9.32. The van der Waals surface area contributed by atoms with Gasteiger partial charge in [-0.2, -0.15) is 0 Å². The third-order valence-electron chi connectivity index (χ3n) is 21.7. The SMILES string of the molecule is C1=Cc2sc3ccc4c(ccc5sc6cc(-c7c8ccccc8c(-c8ccc(-c9ccccc9)cc8)c8cc(-c9ccc%10c(-c%11ccc%12c(c%11)sc%11ccc%13cc%14sc%15ccccc%15c%14cc%13c%11%12)c%11ccccc%11c(-c%11ccc(-c%12ccccc%12)cc%11)c%10c9)ccc78)ccc6c54)c3c2CC1. The Bertz CT molecular complexity index is 7100. The lowest BCUT2D eigenvalue weighted by Crippen LogP contribution is -1.93. The topological polar surface area (TPSA) is 0 Å². The summed E-state index contributed by atoms with van der Waals surface area (Å²) in [5.74, 6) is 0. The number of benzene rings is 17. The second-order valence-electron chi connectivity index (χ2n) is 27.1. The zero-order chi connectivity index (χ0) is 65.3. The maximum Gasteiger partial charge on any atom is 0.0361 e. The van der Waals surface area contributed by atoms with Crippen LogP contribution in [0.5, 0.6) is 0 Å². The van der Waals surface area contributed by atoms with Crippen molar-refractivity contribution >= 4 is 187 Å². The molecule has 0 unspecified atom stereocenters. The Balaban J connectivity index is 0.756. The first-order valence-corrected chi connectivity index (χ1v) is 37.8. The molecule has 0 amide bonds. The molecule has 21 aromatic rings. The van der Waals surface area contributed by atoms with E-state index < -0.39 is 0 Å². The minimum atomic E-state index is 1.10. The van der Waals surface area contributed by atoms with Gasteiger partial charge in [0, 0.05) is 75.5 Å². The normalized spacial score (nSPS) is 12.7. The highest BCUT2D eigenvalue weighted by molar-refractivity contribution is 7.27. The summed E-state index contributed by atoms with van der Waals surface area (Å²) in [6, 6.07) is 116. The average molecular weight is 1340 g/mol. The molecule has 0 spiro atoms. The predicted octanol–water partition coefficient (Wildman–Crippen LogP) is 29.6. The molecule has 0 saturated carbocycles. The van der Waals surface area contributed by atoms with Crippen LogP contribution in [0.25, 0.3) is 219 Å². The van der Waals surface area contributed by atoms with Crippen molar-refractivity contribution in [1.29, 1.82) is 0 Å². The van der Waals surface area contributed by atoms with Gasteiger partial charge in [0.15, 0.2) is 0 Å². The molecule has 0 radical (unpaired) electrons. The third-order valence-corrected chi connectivity index (χ3v) is 26.2. The van der Waals surface area contributed by atoms with Gasteiger partial charge in [0.05, 0.1) is 0 Å². The molecule has 0 saturated heterocycles. The summed E-state index contributed by atoms with van der Waals surface area (Å²) in [5.41, 5.74) is 18.5. The predicted molar refractivity (Wildman–Crippen MR) is 441 cm³/mol. The lowest BCUT2D eigenvalue weighted by Gasteiger charge is -2.20. The maximum atomic E-state index is 2.51. The summed E-state index contributed by atoms with van der Waals surface area (Å²) in [4.78, 5) is 1.42. The van der Waals surface area contributed by atoms with E-state index in [1.165, 1.54) is 224 Å². The maximum absolute atomic E-state index is 2.51. The molecule has 4 heteroatoms. The Hall–Kier alpha value is -11.3. The molecule has 0 bridgehead atoms. The standard InChI is InChI=1S/C96H56S4/c1-3-15-55(16-4-1)57-27-31-59(32-28-57)90-67-20-7-9-22-69(67)92(64-37-42-76-87(52-64)100-86-48-45-71-72(95(76)86)44-47-85-94(71)75-24-12-14-26-83(75)97-85)73-40-35-61(49-80(73)90)62-36-41-74-81(50-62)91(60-33-29-58(30-34-60)56-17-5-2-6-18-56)68-21-8-10-23-70(68)93(74)65-38-43-77-88(53-65)99-84-46-39-63-51-89-79(54-78(63)96(77)84)66-19-11-13-25-82(66)98-89/h1-11,13-23,25-54H,12,24H2. The first-order chi connectivity index (χ1) is 49.5. The fraction of sp³-hybridized carbons (Fsp3) is 0.0208. The number of rotatable bonds is 7. The van der Waals surface area contributed by atoms with Crippen molar-refractivity contribution in [1.82, 2.24) is 0 Å². The van der Waals surface area contributed by atoms with E-state index in [-0.39, 0.29) is 0 Å². The van der Waals surface area contributed by atoms with Crippen LogP contribution >= 0.6 is 45.3 Å². The van der Waals surface area contributed by atoms with Crippen LogP contribution in [0.3, 0.4) is 0 Å². The zero-order valence-corrected chi connectivity index (χ0v) is 57.3. The molecule has 4 heterocycles. The van der Waals surface area contributed by atoms with Gasteiger partial charge in [0.25, 0.3) is 0 Å². The Morgan fingerprint density at radius 1 is 0.200 bits per heavy atom. The molecule has 1 aliphatic carbocycles. The highest BCUT2D eigenvalue weighted by atomic mass is 32.1. The first-order valence-electron chi connectivity index (χ1n) is 34.6. The van der Waals surface area contributed by atoms with Gasteiger partial charge in [0.1, 0.15) is 0 Å². The lowest BCUT2D eigenvalue weighted by atomic mass is 9.83. The summed E-state index contributed by atoms with van der Waals surface area (Å²) >= 11 is 7.67. The van der Waals surface area contributed by atoms with Crippen molar-refractivity contribution in [2.45, 2.75) is 12.8 Å². The molecule has 17 aromatic carbocycles. The van der Waals surface area contributed by atoms with E-state index >= 15 is 0 Å². The van der Waals surface area contributed by atoms with Gasteiger partial charge in [-0.1, -0.05) is 249 Å². The van der Waals surface area contributed by atoms with E-state index in [9.17, 15) is 0 Å². The van der Waals surface area contributed by atoms with Crippen LogP contribution in [0.4, 0.5) is 0 Å². The highest BCUT2D eigenvalue weighted by Crippen LogP contribution is 2.52. The molecule has 0 aliphatic heterocycles. The van der Waals surface area contributed by atoms with E-state index in [1.54, 1.807) is 0 Å². The number of thiophene rings is 4. The Labute approximate surface area is 592 Å². The number of allylic oxidation sites excluding steroid dienone is 1. The van der Waals surface area contributed by atoms with Gasteiger partial charge < -0.3 is 0 Å². The van der Waals surface area contributed by atoms with Crippen LogP contribution in [0.1, 0.15) is 16.9 Å². The Morgan fingerprint density at radius 3 is 1.15 bits per heavy atom. The molecule has 0 nitrogen and oxygen atoms in total. The van der Waals surface area contributed by atoms with Crippen molar-refractivity contribution in [3.63, 3.8) is 0 Å². The van der Waals surface area contributed by atoms with Crippen LogP contribution in [0.2, 0.25) is 0 Å². The summed E-state index contributed by atoms with van der Waals surface area (Å²) in [6.45, 7) is 0. The summed E-state index contributed by atoms with van der Waals surface area (Å²) in [5, 5.41) is 24.7. The van der Waals surface area contributed by atoms with E-state index in [0.717, 1.165) is 12.8 Å². The van der Waals surface area contributed by atoms with Crippen LogP contribution < -0.4 is 0 Å². The Kier molecular flexibility index (Phi) is 12.5. The molecule has 0 atom stereocenters. The number of fused-ring (bicyclic) bond motifs is 21. The highest BCUT2D eigenvalue weighted by Gasteiger charge is 2.24. The molecule has 1 aliphatic rings. The van der Waals surface area contributed by atoms with Gasteiger partial charge in [-0.25, -0.2) is 0 Å². The van der Waals surface area contributed by atoms with Crippen molar-refractivity contribution in [2.24, 2.45) is 0 Å². The number of hydrogen-bond acceptors (Lipinski definition) is 4. The third kappa shape index (κ3) is 8.62. The van der Waals surface area contributed by atoms with E-state index in [1.807, 2.05) is 45.3 Å². The lowest BCUT2D eigenvalue weighted by molar-refractivity contribution is 1.01. The fourth-order valence-corrected chi connectivity index (χ4v) is 21.8. The molecular formula is C96H56S4. The van der Waals surface area contributed by atoms with Crippen molar-refractivity contribution in [3.05, 3.63) is 320 Å². The summed E-state index contributed by atoms with van der Waals surface area (Å²) in [6.07, 6.45) is 6.89. The molecule has 464 valence electrons. The van der Waals surface area contributed by atoms with Crippen molar-refractivity contribution < 1.29 is 0 Å². The molecule has 22 rings (SSSR count). The van der Waals surface area contributed by atoms with Crippen molar-refractivity contribution in [2.75, 3.05) is 0 Å². The van der Waals surface area contributed by atoms with Gasteiger partial charge in [-0.05, 0) is 228 Å². The van der Waals surface area contributed by atoms with Crippen molar-refractivity contribution in [3.8, 4) is 77.9 Å². The molecule has 0 N–H and O–H groups in total. The van der Waals surface area contributed by atoms with Gasteiger partial charge in [-0.3, -0.25) is 0 Å². The second-order valence-corrected chi connectivity index (χ2v) is 31.4. The zero-order valence-electron chi connectivity index (χ0n) is 54.1. The Morgan fingerprint density at radius 2 is 0.590 bits per heavy atom. The smallest absolute Gasteiger partial charge is 0.0361 e. The minimum absolute atomic E-state index is 1.10. The van der Waals surface area contributed by atoms with Crippen LogP contribution in [0, 0.1) is 0 Å². The first kappa shape index (κ1) is 56.7. The molecule has 4 aromatic heterocycles. The van der Waals surface area contributed by atoms with Crippen LogP contribution in [-0.2, 0) is 6.42 Å².